The fourth-order valence-corrected chi connectivity index (χ4v) is 3.90. The molecule has 2 N–H and O–H groups in total. The molecule has 114 valence electrons. The van der Waals surface area contributed by atoms with Crippen LogP contribution in [-0.4, -0.2) is 21.0 Å². The van der Waals surface area contributed by atoms with Crippen molar-refractivity contribution in [2.24, 2.45) is 5.92 Å². The van der Waals surface area contributed by atoms with Gasteiger partial charge in [0.05, 0.1) is 6.54 Å². The van der Waals surface area contributed by atoms with Gasteiger partial charge in [0.1, 0.15) is 10.7 Å². The van der Waals surface area contributed by atoms with Crippen molar-refractivity contribution < 1.29 is 12.8 Å². The summed E-state index contributed by atoms with van der Waals surface area (Å²) in [5.74, 6) is 1.31. The van der Waals surface area contributed by atoms with E-state index in [9.17, 15) is 8.42 Å². The Morgan fingerprint density at radius 1 is 1.45 bits per heavy atom. The van der Waals surface area contributed by atoms with Gasteiger partial charge in [-0.05, 0) is 28.3 Å². The summed E-state index contributed by atoms with van der Waals surface area (Å²) >= 11 is 3.18. The predicted octanol–water partition coefficient (Wildman–Crippen LogP) is 2.62. The molecule has 1 fully saturated rings. The number of furan rings is 1. The molecule has 1 heterocycles. The summed E-state index contributed by atoms with van der Waals surface area (Å²) in [7, 11) is -3.49. The van der Waals surface area contributed by atoms with E-state index in [1.807, 2.05) is 13.8 Å². The Kier molecular flexibility index (Phi) is 5.28. The van der Waals surface area contributed by atoms with Crippen LogP contribution in [0.15, 0.2) is 20.0 Å². The highest BCUT2D eigenvalue weighted by atomic mass is 79.9. The smallest absolute Gasteiger partial charge is 0.244 e. The fourth-order valence-electron chi connectivity index (χ4n) is 1.85. The fraction of sp³-hybridized carbons (Fsp3) is 0.692. The molecule has 0 amide bonds. The standard InChI is InChI=1S/C13H21BrN2O3S/c1-9(2)15-8-11-7-12(13(14)19-11)20(17,18)16-6-5-10-3-4-10/h7,9-10,15-16H,3-6,8H2,1-2H3. The molecule has 5 nitrogen and oxygen atoms in total. The van der Waals surface area contributed by atoms with Crippen LogP contribution in [0.3, 0.4) is 0 Å². The molecular weight excluding hydrogens is 344 g/mol. The Bertz CT molecular complexity index is 550. The van der Waals surface area contributed by atoms with E-state index in [2.05, 4.69) is 26.0 Å². The van der Waals surface area contributed by atoms with Gasteiger partial charge in [-0.3, -0.25) is 0 Å². The van der Waals surface area contributed by atoms with Gasteiger partial charge < -0.3 is 9.73 Å². The van der Waals surface area contributed by atoms with Gasteiger partial charge in [0, 0.05) is 18.7 Å². The Labute approximate surface area is 128 Å². The second kappa shape index (κ2) is 6.60. The van der Waals surface area contributed by atoms with Crippen LogP contribution in [0.5, 0.6) is 0 Å². The first kappa shape index (κ1) is 16.0. The van der Waals surface area contributed by atoms with E-state index in [4.69, 9.17) is 4.42 Å². The Morgan fingerprint density at radius 2 is 2.15 bits per heavy atom. The van der Waals surface area contributed by atoms with Crippen molar-refractivity contribution in [3.8, 4) is 0 Å². The van der Waals surface area contributed by atoms with Crippen LogP contribution in [0, 0.1) is 5.92 Å². The highest BCUT2D eigenvalue weighted by Crippen LogP contribution is 2.32. The zero-order valence-corrected chi connectivity index (χ0v) is 14.2. The van der Waals surface area contributed by atoms with Crippen molar-refractivity contribution in [2.45, 2.75) is 50.6 Å². The summed E-state index contributed by atoms with van der Waals surface area (Å²) in [5, 5.41) is 3.19. The summed E-state index contributed by atoms with van der Waals surface area (Å²) in [6.45, 7) is 5.04. The first-order chi connectivity index (χ1) is 9.38. The van der Waals surface area contributed by atoms with E-state index in [0.29, 0.717) is 30.8 Å². The quantitative estimate of drug-likeness (QED) is 0.743. The zero-order valence-electron chi connectivity index (χ0n) is 11.8. The molecule has 0 aliphatic heterocycles. The summed E-state index contributed by atoms with van der Waals surface area (Å²) in [6.07, 6.45) is 3.36. The second-order valence-electron chi connectivity index (χ2n) is 5.52. The topological polar surface area (TPSA) is 71.3 Å². The van der Waals surface area contributed by atoms with E-state index in [1.165, 1.54) is 12.8 Å². The maximum absolute atomic E-state index is 12.2. The lowest BCUT2D eigenvalue weighted by atomic mass is 10.3. The molecule has 0 saturated heterocycles. The Balaban J connectivity index is 1.98. The number of rotatable bonds is 8. The van der Waals surface area contributed by atoms with Crippen molar-refractivity contribution in [1.82, 2.24) is 10.0 Å². The molecule has 0 bridgehead atoms. The van der Waals surface area contributed by atoms with Crippen LogP contribution >= 0.6 is 15.9 Å². The van der Waals surface area contributed by atoms with Crippen molar-refractivity contribution in [3.63, 3.8) is 0 Å². The third kappa shape index (κ3) is 4.58. The molecule has 0 radical (unpaired) electrons. The average Bonchev–Trinajstić information content (AvgIpc) is 3.08. The van der Waals surface area contributed by atoms with Crippen LogP contribution < -0.4 is 10.0 Å². The van der Waals surface area contributed by atoms with E-state index in [1.54, 1.807) is 6.07 Å². The molecule has 1 aromatic heterocycles. The van der Waals surface area contributed by atoms with Gasteiger partial charge in [0.15, 0.2) is 4.67 Å². The van der Waals surface area contributed by atoms with Gasteiger partial charge in [-0.25, -0.2) is 13.1 Å². The van der Waals surface area contributed by atoms with E-state index < -0.39 is 10.0 Å². The maximum atomic E-state index is 12.2. The van der Waals surface area contributed by atoms with Crippen LogP contribution in [0.4, 0.5) is 0 Å². The second-order valence-corrected chi connectivity index (χ2v) is 7.97. The Morgan fingerprint density at radius 3 is 2.75 bits per heavy atom. The van der Waals surface area contributed by atoms with E-state index in [-0.39, 0.29) is 9.56 Å². The molecule has 1 saturated carbocycles. The SMILES string of the molecule is CC(C)NCc1cc(S(=O)(=O)NCCC2CC2)c(Br)o1. The molecule has 1 aliphatic carbocycles. The molecule has 7 heteroatoms. The van der Waals surface area contributed by atoms with Gasteiger partial charge in [-0.1, -0.05) is 26.7 Å². The largest absolute Gasteiger partial charge is 0.452 e. The lowest BCUT2D eigenvalue weighted by Crippen LogP contribution is -2.25. The van der Waals surface area contributed by atoms with Crippen molar-refractivity contribution in [2.75, 3.05) is 6.54 Å². The molecule has 0 aromatic carbocycles. The molecule has 0 spiro atoms. The minimum absolute atomic E-state index is 0.175. The number of sulfonamides is 1. The number of nitrogens with one attached hydrogen (secondary N) is 2. The highest BCUT2D eigenvalue weighted by molar-refractivity contribution is 9.10. The van der Waals surface area contributed by atoms with E-state index >= 15 is 0 Å². The van der Waals surface area contributed by atoms with Gasteiger partial charge in [0.25, 0.3) is 0 Å². The molecule has 1 aromatic rings. The van der Waals surface area contributed by atoms with Crippen molar-refractivity contribution >= 4 is 26.0 Å². The van der Waals surface area contributed by atoms with Gasteiger partial charge in [-0.15, -0.1) is 0 Å². The lowest BCUT2D eigenvalue weighted by Gasteiger charge is -2.04. The average molecular weight is 365 g/mol. The summed E-state index contributed by atoms with van der Waals surface area (Å²) < 4.78 is 32.7. The molecule has 2 rings (SSSR count). The number of hydrogen-bond acceptors (Lipinski definition) is 4. The summed E-state index contributed by atoms with van der Waals surface area (Å²) in [4.78, 5) is 0.175. The molecular formula is C13H21BrN2O3S. The third-order valence-electron chi connectivity index (χ3n) is 3.22. The summed E-state index contributed by atoms with van der Waals surface area (Å²) in [6, 6.07) is 1.88. The zero-order chi connectivity index (χ0) is 14.8. The van der Waals surface area contributed by atoms with Crippen molar-refractivity contribution in [3.05, 3.63) is 16.5 Å². The maximum Gasteiger partial charge on any atom is 0.244 e. The van der Waals surface area contributed by atoms with Crippen LogP contribution in [0.25, 0.3) is 0 Å². The van der Waals surface area contributed by atoms with Crippen molar-refractivity contribution in [1.29, 1.82) is 0 Å². The van der Waals surface area contributed by atoms with Gasteiger partial charge >= 0.3 is 0 Å². The minimum Gasteiger partial charge on any atom is -0.452 e. The monoisotopic (exact) mass is 364 g/mol. The minimum atomic E-state index is -3.49. The van der Waals surface area contributed by atoms with Gasteiger partial charge in [0.2, 0.25) is 10.0 Å². The van der Waals surface area contributed by atoms with Crippen LogP contribution in [0.1, 0.15) is 38.9 Å². The van der Waals surface area contributed by atoms with Crippen LogP contribution in [-0.2, 0) is 16.6 Å². The number of hydrogen-bond donors (Lipinski definition) is 2. The highest BCUT2D eigenvalue weighted by Gasteiger charge is 2.25. The van der Waals surface area contributed by atoms with Gasteiger partial charge in [-0.2, -0.15) is 0 Å². The Hall–Kier alpha value is -0.370. The molecule has 0 unspecified atom stereocenters. The first-order valence-corrected chi connectivity index (χ1v) is 9.17. The molecule has 1 aliphatic rings. The molecule has 0 atom stereocenters. The summed E-state index contributed by atoms with van der Waals surface area (Å²) in [5.41, 5.74) is 0. The first-order valence-electron chi connectivity index (χ1n) is 6.89. The number of halogens is 1. The third-order valence-corrected chi connectivity index (χ3v) is 5.54. The van der Waals surface area contributed by atoms with E-state index in [0.717, 1.165) is 6.42 Å². The molecule has 20 heavy (non-hydrogen) atoms. The predicted molar refractivity (Wildman–Crippen MR) is 80.9 cm³/mol. The van der Waals surface area contributed by atoms with Crippen LogP contribution in [0.2, 0.25) is 0 Å². The lowest BCUT2D eigenvalue weighted by molar-refractivity contribution is 0.447. The normalized spacial score (nSPS) is 16.0.